The third kappa shape index (κ3) is 12.3. The van der Waals surface area contributed by atoms with Gasteiger partial charge < -0.3 is 32.7 Å². The largest absolute Gasteiger partial charge is 0.429 e. The van der Waals surface area contributed by atoms with Crippen molar-refractivity contribution in [2.75, 3.05) is 32.7 Å². The van der Waals surface area contributed by atoms with Crippen LogP contribution in [-0.2, 0) is 32.0 Å². The second kappa shape index (κ2) is 21.0. The minimum Gasteiger partial charge on any atom is -0.343 e. The van der Waals surface area contributed by atoms with Gasteiger partial charge in [-0.25, -0.2) is 15.1 Å². The molecule has 6 amide bonds. The third-order valence-corrected chi connectivity index (χ3v) is 9.52. The lowest BCUT2D eigenvalue weighted by Gasteiger charge is -2.37. The van der Waals surface area contributed by atoms with E-state index >= 15 is 0 Å². The summed E-state index contributed by atoms with van der Waals surface area (Å²) in [4.78, 5) is 73.5. The number of quaternary nitrogens is 1. The zero-order valence-corrected chi connectivity index (χ0v) is 31.3. The summed E-state index contributed by atoms with van der Waals surface area (Å²) in [6.45, 7) is 6.10. The van der Waals surface area contributed by atoms with Gasteiger partial charge in [-0.15, -0.1) is 0 Å². The summed E-state index contributed by atoms with van der Waals surface area (Å²) in [5.74, 6) is -1.82. The number of nitrogens with zero attached hydrogens (tertiary/aromatic N) is 2. The average Bonchev–Trinajstić information content (AvgIpc) is 3.18. The summed E-state index contributed by atoms with van der Waals surface area (Å²) in [5.41, 5.74) is 13.7. The van der Waals surface area contributed by atoms with Crippen molar-refractivity contribution in [3.8, 4) is 0 Å². The summed E-state index contributed by atoms with van der Waals surface area (Å²) in [5, 5.41) is 14.3. The highest BCUT2D eigenvalue weighted by Gasteiger charge is 2.44. The molecule has 3 aromatic rings. The first-order valence-corrected chi connectivity index (χ1v) is 18.8. The van der Waals surface area contributed by atoms with Crippen molar-refractivity contribution in [1.82, 2.24) is 36.1 Å². The van der Waals surface area contributed by atoms with E-state index in [1.165, 1.54) is 0 Å². The summed E-state index contributed by atoms with van der Waals surface area (Å²) in [7, 11) is 0. The van der Waals surface area contributed by atoms with Gasteiger partial charge in [-0.1, -0.05) is 80.6 Å². The highest BCUT2D eigenvalue weighted by Crippen LogP contribution is 2.22. The van der Waals surface area contributed by atoms with Gasteiger partial charge in [-0.3, -0.25) is 19.2 Å². The number of hydrogen-bond acceptors (Lipinski definition) is 9. The fraction of sp³-hybridized carbons (Fsp3) is 0.450. The Hall–Kier alpha value is -5.02. The minimum absolute atomic E-state index is 0.0240. The van der Waals surface area contributed by atoms with Crippen LogP contribution >= 0.6 is 0 Å². The van der Waals surface area contributed by atoms with Gasteiger partial charge in [0.05, 0.1) is 6.04 Å². The van der Waals surface area contributed by atoms with E-state index in [4.69, 9.17) is 11.5 Å². The molecule has 0 spiro atoms. The van der Waals surface area contributed by atoms with Crippen LogP contribution in [0.2, 0.25) is 0 Å². The Bertz CT molecular complexity index is 1650. The van der Waals surface area contributed by atoms with Crippen LogP contribution in [0.4, 0.5) is 10.6 Å². The first-order valence-electron chi connectivity index (χ1n) is 18.8. The van der Waals surface area contributed by atoms with Gasteiger partial charge in [-0.05, 0) is 61.8 Å². The molecule has 0 unspecified atom stereocenters. The van der Waals surface area contributed by atoms with E-state index in [-0.39, 0.29) is 36.1 Å². The maximum atomic E-state index is 14.0. The molecule has 14 nitrogen and oxygen atoms in total. The molecular weight excluding hydrogens is 686 g/mol. The third-order valence-electron chi connectivity index (χ3n) is 9.52. The molecule has 0 bridgehead atoms. The fourth-order valence-electron chi connectivity index (χ4n) is 6.53. The maximum absolute atomic E-state index is 14.0. The zero-order chi connectivity index (χ0) is 38.9. The molecule has 0 aliphatic carbocycles. The van der Waals surface area contributed by atoms with E-state index in [9.17, 15) is 24.0 Å². The predicted molar refractivity (Wildman–Crippen MR) is 209 cm³/mol. The topological polar surface area (TPSA) is 210 Å². The number of piperazine rings is 1. The highest BCUT2D eigenvalue weighted by atomic mass is 16.2. The standard InChI is InChI=1S/C40H55N9O5/c1-28(2)25-33(47-39(53)34(27-30-15-7-4-8-16-30)46-36(50)31(42)26-29-13-5-3-6-14-29)38(52)45-32(17-9-11-19-41)37(51)48-40(54)49(23-21-43-22-24-49)35-18-10-12-20-44-35/h3-8,10,12-16,18,20,28,31-34,43H,9,11,17,19,21-27,41-42H2,1-2H3,(H3-,45,46,47,48,50,51,52,53,54)/p+1/t31-,32-,33-,34-/m1/s1. The molecule has 1 aromatic heterocycles. The Morgan fingerprint density at radius 3 is 1.89 bits per heavy atom. The molecular formula is C40H56N9O5+. The summed E-state index contributed by atoms with van der Waals surface area (Å²) in [6.07, 6.45) is 3.64. The van der Waals surface area contributed by atoms with Gasteiger partial charge >= 0.3 is 6.03 Å². The Balaban J connectivity index is 1.51. The molecule has 54 heavy (non-hydrogen) atoms. The SMILES string of the molecule is CC(C)C[C@@H](NC(=O)[C@@H](Cc1ccccc1)NC(=O)[C@H](N)Cc1ccccc1)C(=O)N[C@H](CCCCN)C(=O)NC(=O)[N+]1(c2ccccn2)CCNCC1. The molecule has 2 aromatic carbocycles. The van der Waals surface area contributed by atoms with Crippen LogP contribution in [0.15, 0.2) is 85.1 Å². The molecule has 290 valence electrons. The number of urea groups is 1. The quantitative estimate of drug-likeness (QED) is 0.0746. The Kier molecular flexibility index (Phi) is 16.2. The molecule has 1 aliphatic heterocycles. The van der Waals surface area contributed by atoms with Crippen LogP contribution in [0.5, 0.6) is 0 Å². The van der Waals surface area contributed by atoms with Gasteiger partial charge in [-0.2, -0.15) is 4.48 Å². The molecule has 9 N–H and O–H groups in total. The zero-order valence-electron chi connectivity index (χ0n) is 31.3. The van der Waals surface area contributed by atoms with Crippen molar-refractivity contribution >= 4 is 35.5 Å². The number of nitrogens with two attached hydrogens (primary N) is 2. The van der Waals surface area contributed by atoms with Crippen LogP contribution < -0.4 is 42.5 Å². The van der Waals surface area contributed by atoms with Crippen molar-refractivity contribution in [2.24, 2.45) is 17.4 Å². The summed E-state index contributed by atoms with van der Waals surface area (Å²) in [6, 6.07) is 19.3. The smallest absolute Gasteiger partial charge is 0.343 e. The summed E-state index contributed by atoms with van der Waals surface area (Å²) >= 11 is 0. The number of imide groups is 1. The molecule has 14 heteroatoms. The number of benzene rings is 2. The molecule has 2 heterocycles. The molecule has 0 radical (unpaired) electrons. The number of nitrogens with one attached hydrogen (secondary N) is 5. The fourth-order valence-corrected chi connectivity index (χ4v) is 6.53. The maximum Gasteiger partial charge on any atom is 0.429 e. The molecule has 4 atom stereocenters. The van der Waals surface area contributed by atoms with E-state index in [0.717, 1.165) is 11.1 Å². The van der Waals surface area contributed by atoms with Crippen molar-refractivity contribution in [3.63, 3.8) is 0 Å². The van der Waals surface area contributed by atoms with Gasteiger partial charge in [0.15, 0.2) is 0 Å². The number of rotatable bonds is 18. The summed E-state index contributed by atoms with van der Waals surface area (Å²) < 4.78 is -0.168. The van der Waals surface area contributed by atoms with Gasteiger partial charge in [0.2, 0.25) is 23.5 Å². The van der Waals surface area contributed by atoms with Gasteiger partial charge in [0.25, 0.3) is 5.91 Å². The van der Waals surface area contributed by atoms with Gasteiger partial charge in [0, 0.05) is 31.8 Å². The van der Waals surface area contributed by atoms with Crippen LogP contribution in [0.3, 0.4) is 0 Å². The van der Waals surface area contributed by atoms with E-state index in [0.29, 0.717) is 51.4 Å². The lowest BCUT2D eigenvalue weighted by atomic mass is 9.99. The number of aromatic nitrogens is 1. The molecule has 4 rings (SSSR count). The van der Waals surface area contributed by atoms with Crippen LogP contribution in [0.25, 0.3) is 0 Å². The Morgan fingerprint density at radius 1 is 0.722 bits per heavy atom. The number of carbonyl (C=O) groups is 5. The van der Waals surface area contributed by atoms with Crippen LogP contribution in [0, 0.1) is 5.92 Å². The van der Waals surface area contributed by atoms with Crippen molar-refractivity contribution in [2.45, 2.75) is 76.5 Å². The van der Waals surface area contributed by atoms with E-state index in [1.54, 1.807) is 24.4 Å². The van der Waals surface area contributed by atoms with E-state index < -0.39 is 53.8 Å². The first kappa shape index (κ1) is 41.7. The number of amides is 6. The number of unbranched alkanes of at least 4 members (excludes halogenated alkanes) is 1. The molecule has 1 saturated heterocycles. The second-order valence-corrected chi connectivity index (χ2v) is 14.2. The van der Waals surface area contributed by atoms with Crippen molar-refractivity contribution in [1.29, 1.82) is 0 Å². The molecule has 0 saturated carbocycles. The lowest BCUT2D eigenvalue weighted by molar-refractivity contribution is -0.134. The second-order valence-electron chi connectivity index (χ2n) is 14.2. The predicted octanol–water partition coefficient (Wildman–Crippen LogP) is 1.67. The average molecular weight is 743 g/mol. The lowest BCUT2D eigenvalue weighted by Crippen LogP contribution is -2.68. The van der Waals surface area contributed by atoms with Crippen molar-refractivity contribution < 1.29 is 24.0 Å². The number of carbonyl (C=O) groups excluding carboxylic acids is 5. The highest BCUT2D eigenvalue weighted by molar-refractivity contribution is 6.03. The van der Waals surface area contributed by atoms with Crippen molar-refractivity contribution in [3.05, 3.63) is 96.2 Å². The van der Waals surface area contributed by atoms with Crippen LogP contribution in [-0.4, -0.2) is 91.5 Å². The number of pyridine rings is 1. The monoisotopic (exact) mass is 742 g/mol. The molecule has 1 fully saturated rings. The normalized spacial score (nSPS) is 15.9. The van der Waals surface area contributed by atoms with Gasteiger partial charge in [0.1, 0.15) is 31.2 Å². The Morgan fingerprint density at radius 2 is 1.30 bits per heavy atom. The van der Waals surface area contributed by atoms with E-state index in [1.807, 2.05) is 74.5 Å². The number of hydrogen-bond donors (Lipinski definition) is 7. The van der Waals surface area contributed by atoms with E-state index in [2.05, 4.69) is 31.6 Å². The Labute approximate surface area is 317 Å². The minimum atomic E-state index is -1.08. The van der Waals surface area contributed by atoms with Crippen LogP contribution in [0.1, 0.15) is 50.7 Å². The first-order chi connectivity index (χ1) is 26.0. The molecule has 1 aliphatic rings.